The van der Waals surface area contributed by atoms with Crippen LogP contribution in [0.25, 0.3) is 0 Å². The Bertz CT molecular complexity index is 314. The topological polar surface area (TPSA) is 22.1 Å². The van der Waals surface area contributed by atoms with Crippen LogP contribution in [0, 0.1) is 5.95 Å². The van der Waals surface area contributed by atoms with Crippen LogP contribution in [0.3, 0.4) is 0 Å². The summed E-state index contributed by atoms with van der Waals surface area (Å²) >= 11 is 5.16. The van der Waals surface area contributed by atoms with Crippen LogP contribution in [0.15, 0.2) is 12.3 Å². The summed E-state index contributed by atoms with van der Waals surface area (Å²) in [5, 5.41) is -0.526. The third-order valence-corrected chi connectivity index (χ3v) is 1.27. The lowest BCUT2D eigenvalue weighted by molar-refractivity contribution is -0.274. The third kappa shape index (κ3) is 3.06. The summed E-state index contributed by atoms with van der Waals surface area (Å²) in [5.41, 5.74) is 0. The van der Waals surface area contributed by atoms with Gasteiger partial charge in [0.2, 0.25) is 5.95 Å². The van der Waals surface area contributed by atoms with E-state index in [-0.39, 0.29) is 0 Å². The lowest BCUT2D eigenvalue weighted by Gasteiger charge is -2.07. The second-order valence-corrected chi connectivity index (χ2v) is 2.40. The fourth-order valence-corrected chi connectivity index (χ4v) is 0.749. The molecule has 13 heavy (non-hydrogen) atoms. The summed E-state index contributed by atoms with van der Waals surface area (Å²) in [6.07, 6.45) is -4.24. The highest BCUT2D eigenvalue weighted by molar-refractivity contribution is 6.30. The number of hydrogen-bond donors (Lipinski definition) is 0. The lowest BCUT2D eigenvalue weighted by Crippen LogP contribution is -2.17. The van der Waals surface area contributed by atoms with Gasteiger partial charge in [-0.25, -0.2) is 4.98 Å². The zero-order chi connectivity index (χ0) is 10.1. The van der Waals surface area contributed by atoms with Crippen molar-refractivity contribution in [3.8, 4) is 5.75 Å². The molecule has 0 radical (unpaired) electrons. The van der Waals surface area contributed by atoms with E-state index in [1.807, 2.05) is 0 Å². The van der Waals surface area contributed by atoms with Crippen LogP contribution >= 0.6 is 11.6 Å². The Kier molecular flexibility index (Phi) is 2.60. The first-order chi connectivity index (χ1) is 5.88. The maximum Gasteiger partial charge on any atom is 0.573 e. The van der Waals surface area contributed by atoms with Gasteiger partial charge < -0.3 is 4.74 Å². The SMILES string of the molecule is Fc1ncc(OC(F)(F)F)cc1Cl. The molecule has 0 saturated carbocycles. The Balaban J connectivity index is 2.86. The largest absolute Gasteiger partial charge is 0.573 e. The van der Waals surface area contributed by atoms with E-state index in [2.05, 4.69) is 9.72 Å². The average Bonchev–Trinajstić information content (AvgIpc) is 1.94. The minimum absolute atomic E-state index is 0.526. The van der Waals surface area contributed by atoms with Crippen molar-refractivity contribution in [2.45, 2.75) is 6.36 Å². The number of ether oxygens (including phenoxy) is 1. The molecule has 7 heteroatoms. The van der Waals surface area contributed by atoms with E-state index in [4.69, 9.17) is 11.6 Å². The van der Waals surface area contributed by atoms with Gasteiger partial charge in [0.1, 0.15) is 5.75 Å². The van der Waals surface area contributed by atoms with Crippen molar-refractivity contribution in [1.29, 1.82) is 0 Å². The molecular weight excluding hydrogens is 214 g/mol. The van der Waals surface area contributed by atoms with E-state index in [1.54, 1.807) is 0 Å². The first-order valence-electron chi connectivity index (χ1n) is 2.95. The second-order valence-electron chi connectivity index (χ2n) is 1.99. The summed E-state index contributed by atoms with van der Waals surface area (Å²) in [4.78, 5) is 2.94. The first kappa shape index (κ1) is 10.0. The van der Waals surface area contributed by atoms with Crippen molar-refractivity contribution in [3.63, 3.8) is 0 Å². The van der Waals surface area contributed by atoms with Gasteiger partial charge in [0, 0.05) is 6.07 Å². The maximum atomic E-state index is 12.4. The van der Waals surface area contributed by atoms with E-state index >= 15 is 0 Å². The van der Waals surface area contributed by atoms with Crippen LogP contribution in [0.2, 0.25) is 5.02 Å². The Morgan fingerprint density at radius 2 is 2.00 bits per heavy atom. The minimum Gasteiger partial charge on any atom is -0.404 e. The Morgan fingerprint density at radius 1 is 1.38 bits per heavy atom. The summed E-state index contributed by atoms with van der Waals surface area (Å²) in [6, 6.07) is 0.692. The van der Waals surface area contributed by atoms with Gasteiger partial charge in [0.15, 0.2) is 0 Å². The minimum atomic E-state index is -4.83. The molecular formula is C6H2ClF4NO. The second kappa shape index (κ2) is 3.37. The van der Waals surface area contributed by atoms with Crippen molar-refractivity contribution in [2.24, 2.45) is 0 Å². The molecule has 1 aromatic heterocycles. The Hall–Kier alpha value is -1.04. The molecule has 0 fully saturated rings. The van der Waals surface area contributed by atoms with Crippen LogP contribution < -0.4 is 4.74 Å². The Morgan fingerprint density at radius 3 is 2.46 bits per heavy atom. The predicted molar refractivity (Wildman–Crippen MR) is 35.9 cm³/mol. The maximum absolute atomic E-state index is 12.4. The van der Waals surface area contributed by atoms with Gasteiger partial charge in [0.05, 0.1) is 11.2 Å². The number of pyridine rings is 1. The molecule has 0 unspecified atom stereocenters. The van der Waals surface area contributed by atoms with Crippen molar-refractivity contribution >= 4 is 11.6 Å². The number of aromatic nitrogens is 1. The summed E-state index contributed by atoms with van der Waals surface area (Å²) in [6.45, 7) is 0. The van der Waals surface area contributed by atoms with Gasteiger partial charge in [0.25, 0.3) is 0 Å². The molecule has 1 aromatic rings. The number of halogens is 5. The molecule has 1 rings (SSSR count). The number of hydrogen-bond acceptors (Lipinski definition) is 2. The highest BCUT2D eigenvalue weighted by Gasteiger charge is 2.31. The lowest BCUT2D eigenvalue weighted by atomic mass is 10.4. The van der Waals surface area contributed by atoms with Crippen molar-refractivity contribution < 1.29 is 22.3 Å². The van der Waals surface area contributed by atoms with Crippen molar-refractivity contribution in [3.05, 3.63) is 23.2 Å². The predicted octanol–water partition coefficient (Wildman–Crippen LogP) is 2.77. The van der Waals surface area contributed by atoms with E-state index in [1.165, 1.54) is 0 Å². The molecule has 2 nitrogen and oxygen atoms in total. The van der Waals surface area contributed by atoms with Crippen LogP contribution in [-0.4, -0.2) is 11.3 Å². The summed E-state index contributed by atoms with van der Waals surface area (Å²) in [5.74, 6) is -1.70. The molecule has 0 bridgehead atoms. The molecule has 0 amide bonds. The third-order valence-electron chi connectivity index (χ3n) is 1.00. The van der Waals surface area contributed by atoms with Crippen LogP contribution in [0.4, 0.5) is 17.6 Å². The summed E-state index contributed by atoms with van der Waals surface area (Å²) in [7, 11) is 0. The van der Waals surface area contributed by atoms with Gasteiger partial charge in [-0.05, 0) is 0 Å². The number of alkyl halides is 3. The molecule has 0 spiro atoms. The van der Waals surface area contributed by atoms with Gasteiger partial charge in [-0.2, -0.15) is 4.39 Å². The fourth-order valence-electron chi connectivity index (χ4n) is 0.593. The van der Waals surface area contributed by atoms with Crippen LogP contribution in [0.5, 0.6) is 5.75 Å². The molecule has 0 N–H and O–H groups in total. The monoisotopic (exact) mass is 215 g/mol. The highest BCUT2D eigenvalue weighted by Crippen LogP contribution is 2.25. The fraction of sp³-hybridized carbons (Fsp3) is 0.167. The van der Waals surface area contributed by atoms with Gasteiger partial charge in [-0.15, -0.1) is 13.2 Å². The van der Waals surface area contributed by atoms with Gasteiger partial charge in [-0.3, -0.25) is 0 Å². The van der Waals surface area contributed by atoms with Gasteiger partial charge in [-0.1, -0.05) is 11.6 Å². The zero-order valence-electron chi connectivity index (χ0n) is 5.90. The first-order valence-corrected chi connectivity index (χ1v) is 3.33. The quantitative estimate of drug-likeness (QED) is 0.531. The van der Waals surface area contributed by atoms with Crippen LogP contribution in [-0.2, 0) is 0 Å². The molecule has 0 aliphatic carbocycles. The Labute approximate surface area is 75.1 Å². The molecule has 0 aliphatic rings. The molecule has 0 saturated heterocycles. The molecule has 1 heterocycles. The molecule has 0 atom stereocenters. The van der Waals surface area contributed by atoms with Crippen LogP contribution in [0.1, 0.15) is 0 Å². The zero-order valence-corrected chi connectivity index (χ0v) is 6.66. The van der Waals surface area contributed by atoms with Crippen molar-refractivity contribution in [1.82, 2.24) is 4.98 Å². The normalized spacial score (nSPS) is 11.5. The average molecular weight is 216 g/mol. The van der Waals surface area contributed by atoms with E-state index < -0.39 is 23.1 Å². The van der Waals surface area contributed by atoms with E-state index in [0.717, 1.165) is 0 Å². The van der Waals surface area contributed by atoms with Gasteiger partial charge >= 0.3 is 6.36 Å². The smallest absolute Gasteiger partial charge is 0.404 e. The summed E-state index contributed by atoms with van der Waals surface area (Å²) < 4.78 is 50.5. The van der Waals surface area contributed by atoms with E-state index in [0.29, 0.717) is 12.3 Å². The van der Waals surface area contributed by atoms with E-state index in [9.17, 15) is 17.6 Å². The number of rotatable bonds is 1. The number of nitrogens with zero attached hydrogens (tertiary/aromatic N) is 1. The molecule has 0 aliphatic heterocycles. The molecule has 0 aromatic carbocycles. The standard InChI is InChI=1S/C6H2ClF4NO/c7-4-1-3(2-12-5(4)8)13-6(9,10)11/h1-2H. The molecule has 72 valence electrons. The highest BCUT2D eigenvalue weighted by atomic mass is 35.5. The van der Waals surface area contributed by atoms with Crippen molar-refractivity contribution in [2.75, 3.05) is 0 Å².